The quantitative estimate of drug-likeness (QED) is 0.840. The summed E-state index contributed by atoms with van der Waals surface area (Å²) in [7, 11) is 0. The molecule has 0 aromatic carbocycles. The van der Waals surface area contributed by atoms with Gasteiger partial charge in [-0.25, -0.2) is 0 Å². The molecule has 1 aromatic rings. The van der Waals surface area contributed by atoms with Gasteiger partial charge in [0.1, 0.15) is 0 Å². The normalized spacial score (nSPS) is 24.1. The van der Waals surface area contributed by atoms with Crippen LogP contribution in [0.1, 0.15) is 44.6 Å². The first-order valence-corrected chi connectivity index (χ1v) is 7.12. The van der Waals surface area contributed by atoms with E-state index in [4.69, 9.17) is 4.74 Å². The monoisotopic (exact) mass is 248 g/mol. The van der Waals surface area contributed by atoms with Crippen LogP contribution in [0.25, 0.3) is 0 Å². The predicted molar refractivity (Wildman–Crippen MR) is 73.4 cm³/mol. The minimum Gasteiger partial charge on any atom is -0.373 e. The first-order valence-electron chi connectivity index (χ1n) is 7.12. The van der Waals surface area contributed by atoms with Gasteiger partial charge in [-0.1, -0.05) is 13.0 Å². The van der Waals surface area contributed by atoms with Crippen molar-refractivity contribution in [2.24, 2.45) is 0 Å². The Morgan fingerprint density at radius 3 is 2.83 bits per heavy atom. The van der Waals surface area contributed by atoms with E-state index in [-0.39, 0.29) is 0 Å². The molecule has 1 aliphatic rings. The van der Waals surface area contributed by atoms with Crippen LogP contribution in [-0.2, 0) is 11.3 Å². The molecule has 1 fully saturated rings. The molecule has 1 N–H and O–H groups in total. The van der Waals surface area contributed by atoms with E-state index in [9.17, 15) is 0 Å². The lowest BCUT2D eigenvalue weighted by atomic mass is 9.93. The second-order valence-electron chi connectivity index (χ2n) is 5.10. The van der Waals surface area contributed by atoms with Crippen molar-refractivity contribution in [3.05, 3.63) is 30.1 Å². The highest BCUT2D eigenvalue weighted by Gasteiger charge is 2.20. The Morgan fingerprint density at radius 1 is 1.33 bits per heavy atom. The fraction of sp³-hybridized carbons (Fsp3) is 0.667. The Kier molecular flexibility index (Phi) is 5.62. The fourth-order valence-electron chi connectivity index (χ4n) is 2.48. The maximum Gasteiger partial charge on any atom is 0.0735 e. The summed E-state index contributed by atoms with van der Waals surface area (Å²) in [5.74, 6) is 0. The van der Waals surface area contributed by atoms with Crippen molar-refractivity contribution in [2.75, 3.05) is 6.54 Å². The Hall–Kier alpha value is -0.930. The van der Waals surface area contributed by atoms with Crippen molar-refractivity contribution >= 4 is 0 Å². The van der Waals surface area contributed by atoms with Gasteiger partial charge in [-0.05, 0) is 50.3 Å². The highest BCUT2D eigenvalue weighted by atomic mass is 16.5. The van der Waals surface area contributed by atoms with Crippen LogP contribution in [0.5, 0.6) is 0 Å². The smallest absolute Gasteiger partial charge is 0.0735 e. The van der Waals surface area contributed by atoms with Gasteiger partial charge in [0.05, 0.1) is 12.7 Å². The second kappa shape index (κ2) is 7.49. The standard InChI is InChI=1S/C15H24N2O/c1-2-9-17-14-5-7-15(8-6-14)18-12-13-4-3-10-16-11-13/h3-4,10-11,14-15,17H,2,5-9,12H2,1H3. The van der Waals surface area contributed by atoms with E-state index in [1.165, 1.54) is 37.7 Å². The summed E-state index contributed by atoms with van der Waals surface area (Å²) in [6.45, 7) is 4.06. The second-order valence-corrected chi connectivity index (χ2v) is 5.10. The molecule has 0 atom stereocenters. The van der Waals surface area contributed by atoms with E-state index in [1.807, 2.05) is 12.3 Å². The summed E-state index contributed by atoms with van der Waals surface area (Å²) in [6.07, 6.45) is 10.2. The molecular formula is C15H24N2O. The highest BCUT2D eigenvalue weighted by Crippen LogP contribution is 2.22. The first kappa shape index (κ1) is 13.5. The highest BCUT2D eigenvalue weighted by molar-refractivity contribution is 5.06. The lowest BCUT2D eigenvalue weighted by Gasteiger charge is -2.29. The molecule has 0 bridgehead atoms. The zero-order chi connectivity index (χ0) is 12.6. The molecule has 18 heavy (non-hydrogen) atoms. The Bertz CT molecular complexity index is 321. The van der Waals surface area contributed by atoms with E-state index in [0.29, 0.717) is 18.8 Å². The Labute approximate surface area is 110 Å². The summed E-state index contributed by atoms with van der Waals surface area (Å²) in [5.41, 5.74) is 1.17. The number of rotatable bonds is 6. The molecule has 1 aliphatic carbocycles. The van der Waals surface area contributed by atoms with E-state index in [0.717, 1.165) is 6.54 Å². The van der Waals surface area contributed by atoms with Crippen molar-refractivity contribution in [2.45, 2.75) is 57.8 Å². The van der Waals surface area contributed by atoms with E-state index >= 15 is 0 Å². The van der Waals surface area contributed by atoms with Crippen LogP contribution in [0.4, 0.5) is 0 Å². The number of hydrogen-bond acceptors (Lipinski definition) is 3. The maximum atomic E-state index is 5.95. The van der Waals surface area contributed by atoms with Crippen LogP contribution in [-0.4, -0.2) is 23.7 Å². The van der Waals surface area contributed by atoms with Crippen molar-refractivity contribution in [3.63, 3.8) is 0 Å². The van der Waals surface area contributed by atoms with Crippen molar-refractivity contribution in [1.29, 1.82) is 0 Å². The predicted octanol–water partition coefficient (Wildman–Crippen LogP) is 2.91. The summed E-state index contributed by atoms with van der Waals surface area (Å²) >= 11 is 0. The van der Waals surface area contributed by atoms with Crippen LogP contribution < -0.4 is 5.32 Å². The molecule has 0 amide bonds. The summed E-state index contributed by atoms with van der Waals surface area (Å²) in [6, 6.07) is 4.74. The third-order valence-electron chi connectivity index (χ3n) is 3.57. The van der Waals surface area contributed by atoms with Crippen LogP contribution in [0, 0.1) is 0 Å². The fourth-order valence-corrected chi connectivity index (χ4v) is 2.48. The largest absolute Gasteiger partial charge is 0.373 e. The number of ether oxygens (including phenoxy) is 1. The summed E-state index contributed by atoms with van der Waals surface area (Å²) < 4.78 is 5.95. The van der Waals surface area contributed by atoms with Gasteiger partial charge in [0.25, 0.3) is 0 Å². The van der Waals surface area contributed by atoms with Crippen molar-refractivity contribution in [1.82, 2.24) is 10.3 Å². The van der Waals surface area contributed by atoms with Gasteiger partial charge in [0, 0.05) is 18.4 Å². The third kappa shape index (κ3) is 4.39. The zero-order valence-corrected chi connectivity index (χ0v) is 11.3. The van der Waals surface area contributed by atoms with Gasteiger partial charge in [-0.15, -0.1) is 0 Å². The lowest BCUT2D eigenvalue weighted by molar-refractivity contribution is 0.0112. The van der Waals surface area contributed by atoms with Crippen molar-refractivity contribution in [3.8, 4) is 0 Å². The minimum atomic E-state index is 0.435. The molecule has 0 aliphatic heterocycles. The molecule has 3 heteroatoms. The van der Waals surface area contributed by atoms with E-state index < -0.39 is 0 Å². The number of aromatic nitrogens is 1. The summed E-state index contributed by atoms with van der Waals surface area (Å²) in [4.78, 5) is 4.10. The molecule has 100 valence electrons. The third-order valence-corrected chi connectivity index (χ3v) is 3.57. The summed E-state index contributed by atoms with van der Waals surface area (Å²) in [5, 5.41) is 3.60. The average Bonchev–Trinajstić information content (AvgIpc) is 2.45. The van der Waals surface area contributed by atoms with Gasteiger partial charge in [-0.3, -0.25) is 4.98 Å². The molecule has 2 rings (SSSR count). The molecular weight excluding hydrogens is 224 g/mol. The van der Waals surface area contributed by atoms with Crippen LogP contribution >= 0.6 is 0 Å². The van der Waals surface area contributed by atoms with Crippen LogP contribution in [0.3, 0.4) is 0 Å². The topological polar surface area (TPSA) is 34.1 Å². The van der Waals surface area contributed by atoms with Gasteiger partial charge >= 0.3 is 0 Å². The first-order chi connectivity index (χ1) is 8.88. The number of hydrogen-bond donors (Lipinski definition) is 1. The molecule has 1 heterocycles. The minimum absolute atomic E-state index is 0.435. The average molecular weight is 248 g/mol. The van der Waals surface area contributed by atoms with Gasteiger partial charge in [-0.2, -0.15) is 0 Å². The molecule has 0 spiro atoms. The molecule has 1 saturated carbocycles. The van der Waals surface area contributed by atoms with E-state index in [2.05, 4.69) is 23.3 Å². The molecule has 1 aromatic heterocycles. The number of nitrogens with one attached hydrogen (secondary N) is 1. The zero-order valence-electron chi connectivity index (χ0n) is 11.3. The van der Waals surface area contributed by atoms with Gasteiger partial charge in [0.15, 0.2) is 0 Å². The molecule has 3 nitrogen and oxygen atoms in total. The Morgan fingerprint density at radius 2 is 2.17 bits per heavy atom. The lowest BCUT2D eigenvalue weighted by Crippen LogP contribution is -2.35. The molecule has 0 radical (unpaired) electrons. The SMILES string of the molecule is CCCNC1CCC(OCc2cccnc2)CC1. The van der Waals surface area contributed by atoms with Gasteiger partial charge in [0.2, 0.25) is 0 Å². The molecule has 0 unspecified atom stereocenters. The van der Waals surface area contributed by atoms with Crippen LogP contribution in [0.15, 0.2) is 24.5 Å². The Balaban J connectivity index is 1.65. The molecule has 0 saturated heterocycles. The van der Waals surface area contributed by atoms with E-state index in [1.54, 1.807) is 6.20 Å². The van der Waals surface area contributed by atoms with Crippen molar-refractivity contribution < 1.29 is 4.74 Å². The number of pyridine rings is 1. The maximum absolute atomic E-state index is 5.95. The van der Waals surface area contributed by atoms with Gasteiger partial charge < -0.3 is 10.1 Å². The van der Waals surface area contributed by atoms with Crippen LogP contribution in [0.2, 0.25) is 0 Å². The number of nitrogens with zero attached hydrogens (tertiary/aromatic N) is 1.